The van der Waals surface area contributed by atoms with Crippen molar-refractivity contribution < 1.29 is 9.53 Å². The molecule has 3 aromatic rings. The first-order valence-electron chi connectivity index (χ1n) is 10.6. The van der Waals surface area contributed by atoms with Gasteiger partial charge < -0.3 is 19.9 Å². The van der Waals surface area contributed by atoms with Gasteiger partial charge in [0.1, 0.15) is 10.6 Å². The molecule has 31 heavy (non-hydrogen) atoms. The number of rotatable bonds is 6. The molecular formula is C24H28N4O2S. The van der Waals surface area contributed by atoms with E-state index >= 15 is 0 Å². The lowest BCUT2D eigenvalue weighted by molar-refractivity contribution is 0.102. The number of nitrogens with zero attached hydrogens (tertiary/aromatic N) is 3. The van der Waals surface area contributed by atoms with Gasteiger partial charge in [0.25, 0.3) is 5.91 Å². The van der Waals surface area contributed by atoms with Gasteiger partial charge in [-0.15, -0.1) is 0 Å². The van der Waals surface area contributed by atoms with Crippen LogP contribution in [0.1, 0.15) is 35.1 Å². The standard InChI is InChI=1S/C24H28N4O2S/c1-17(2)21-22(23(29)25-18-9-5-4-6-10-18)31-24(26-21)28-15-13-27(14-16-28)19-11-7-8-12-20(19)30-3/h4-12,17H,13-16H2,1-3H3,(H,25,29). The lowest BCUT2D eigenvalue weighted by Crippen LogP contribution is -2.46. The number of piperazine rings is 1. The van der Waals surface area contributed by atoms with Crippen LogP contribution in [0.5, 0.6) is 5.75 Å². The van der Waals surface area contributed by atoms with E-state index in [9.17, 15) is 4.79 Å². The second-order valence-electron chi connectivity index (χ2n) is 7.83. The van der Waals surface area contributed by atoms with Crippen LogP contribution in [-0.4, -0.2) is 44.2 Å². The van der Waals surface area contributed by atoms with Crippen molar-refractivity contribution in [1.82, 2.24) is 4.98 Å². The predicted octanol–water partition coefficient (Wildman–Crippen LogP) is 4.85. The largest absolute Gasteiger partial charge is 0.495 e. The number of amides is 1. The highest BCUT2D eigenvalue weighted by molar-refractivity contribution is 7.17. The Bertz CT molecular complexity index is 1030. The summed E-state index contributed by atoms with van der Waals surface area (Å²) in [6, 6.07) is 17.7. The third kappa shape index (κ3) is 4.66. The number of nitrogens with one attached hydrogen (secondary N) is 1. The van der Waals surface area contributed by atoms with Gasteiger partial charge in [0.2, 0.25) is 0 Å². The molecule has 0 spiro atoms. The summed E-state index contributed by atoms with van der Waals surface area (Å²) in [6.45, 7) is 7.62. The summed E-state index contributed by atoms with van der Waals surface area (Å²) in [4.78, 5) is 23.1. The van der Waals surface area contributed by atoms with Crippen molar-refractivity contribution in [3.05, 3.63) is 65.2 Å². The number of methoxy groups -OCH3 is 1. The Morgan fingerprint density at radius 2 is 1.65 bits per heavy atom. The minimum atomic E-state index is -0.0914. The third-order valence-corrected chi connectivity index (χ3v) is 6.53. The zero-order valence-corrected chi connectivity index (χ0v) is 19.0. The Morgan fingerprint density at radius 3 is 2.32 bits per heavy atom. The molecule has 1 saturated heterocycles. The molecule has 2 heterocycles. The van der Waals surface area contributed by atoms with E-state index in [4.69, 9.17) is 9.72 Å². The molecule has 0 atom stereocenters. The number of hydrogen-bond acceptors (Lipinski definition) is 6. The first-order valence-corrected chi connectivity index (χ1v) is 11.4. The van der Waals surface area contributed by atoms with E-state index in [0.29, 0.717) is 4.88 Å². The Morgan fingerprint density at radius 1 is 1.00 bits per heavy atom. The van der Waals surface area contributed by atoms with Crippen molar-refractivity contribution in [3.63, 3.8) is 0 Å². The summed E-state index contributed by atoms with van der Waals surface area (Å²) < 4.78 is 5.52. The van der Waals surface area contributed by atoms with Gasteiger partial charge in [0.15, 0.2) is 5.13 Å². The Kier molecular flexibility index (Phi) is 6.42. The normalized spacial score (nSPS) is 14.1. The maximum atomic E-state index is 13.0. The zero-order chi connectivity index (χ0) is 21.8. The number of anilines is 3. The van der Waals surface area contributed by atoms with Gasteiger partial charge in [-0.05, 0) is 30.2 Å². The zero-order valence-electron chi connectivity index (χ0n) is 18.2. The van der Waals surface area contributed by atoms with Crippen LogP contribution in [0, 0.1) is 0 Å². The molecule has 6 nitrogen and oxygen atoms in total. The van der Waals surface area contributed by atoms with Gasteiger partial charge >= 0.3 is 0 Å². The van der Waals surface area contributed by atoms with Crippen molar-refractivity contribution >= 4 is 33.8 Å². The minimum Gasteiger partial charge on any atom is -0.495 e. The monoisotopic (exact) mass is 436 g/mol. The Hall–Kier alpha value is -3.06. The van der Waals surface area contributed by atoms with E-state index in [0.717, 1.165) is 54.1 Å². The van der Waals surface area contributed by atoms with Crippen molar-refractivity contribution in [3.8, 4) is 5.75 Å². The molecule has 1 aromatic heterocycles. The SMILES string of the molecule is COc1ccccc1N1CCN(c2nc(C(C)C)c(C(=O)Nc3ccccc3)s2)CC1. The van der Waals surface area contributed by atoms with Crippen molar-refractivity contribution in [1.29, 1.82) is 0 Å². The summed E-state index contributed by atoms with van der Waals surface area (Å²) >= 11 is 1.49. The van der Waals surface area contributed by atoms with Gasteiger partial charge in [0.05, 0.1) is 18.5 Å². The van der Waals surface area contributed by atoms with Gasteiger partial charge in [0, 0.05) is 31.9 Å². The fourth-order valence-corrected chi connectivity index (χ4v) is 4.92. The van der Waals surface area contributed by atoms with Gasteiger partial charge in [-0.25, -0.2) is 4.98 Å². The van der Waals surface area contributed by atoms with Crippen LogP contribution in [-0.2, 0) is 0 Å². The number of ether oxygens (including phenoxy) is 1. The van der Waals surface area contributed by atoms with E-state index in [-0.39, 0.29) is 11.8 Å². The molecule has 162 valence electrons. The number of aromatic nitrogens is 1. The van der Waals surface area contributed by atoms with Crippen LogP contribution in [0.3, 0.4) is 0 Å². The average molecular weight is 437 g/mol. The van der Waals surface area contributed by atoms with E-state index in [1.54, 1.807) is 7.11 Å². The Labute approximate surface area is 187 Å². The summed E-state index contributed by atoms with van der Waals surface area (Å²) in [5, 5.41) is 3.92. The van der Waals surface area contributed by atoms with Gasteiger partial charge in [-0.2, -0.15) is 0 Å². The number of thiazole rings is 1. The molecule has 1 fully saturated rings. The highest BCUT2D eigenvalue weighted by Gasteiger charge is 2.26. The van der Waals surface area contributed by atoms with Crippen LogP contribution in [0.25, 0.3) is 0 Å². The average Bonchev–Trinajstić information content (AvgIpc) is 3.26. The van der Waals surface area contributed by atoms with Crippen LogP contribution in [0.4, 0.5) is 16.5 Å². The smallest absolute Gasteiger partial charge is 0.267 e. The highest BCUT2D eigenvalue weighted by Crippen LogP contribution is 2.33. The minimum absolute atomic E-state index is 0.0914. The lowest BCUT2D eigenvalue weighted by Gasteiger charge is -2.36. The molecule has 2 aromatic carbocycles. The Balaban J connectivity index is 1.49. The fourth-order valence-electron chi connectivity index (χ4n) is 3.75. The van der Waals surface area contributed by atoms with Crippen molar-refractivity contribution in [2.45, 2.75) is 19.8 Å². The number of carbonyl (C=O) groups is 1. The van der Waals surface area contributed by atoms with Crippen LogP contribution < -0.4 is 19.9 Å². The summed E-state index contributed by atoms with van der Waals surface area (Å²) in [6.07, 6.45) is 0. The lowest BCUT2D eigenvalue weighted by atomic mass is 10.1. The number of carbonyl (C=O) groups excluding carboxylic acids is 1. The predicted molar refractivity (Wildman–Crippen MR) is 128 cm³/mol. The topological polar surface area (TPSA) is 57.7 Å². The summed E-state index contributed by atoms with van der Waals surface area (Å²) in [5.41, 5.74) is 2.78. The molecule has 7 heteroatoms. The second-order valence-corrected chi connectivity index (χ2v) is 8.81. The van der Waals surface area contributed by atoms with Gasteiger partial charge in [-0.3, -0.25) is 4.79 Å². The number of para-hydroxylation sites is 3. The first-order chi connectivity index (χ1) is 15.1. The molecule has 0 unspecified atom stereocenters. The summed E-state index contributed by atoms with van der Waals surface area (Å²) in [7, 11) is 1.71. The summed E-state index contributed by atoms with van der Waals surface area (Å²) in [5.74, 6) is 0.981. The maximum Gasteiger partial charge on any atom is 0.267 e. The van der Waals surface area contributed by atoms with Crippen LogP contribution in [0.2, 0.25) is 0 Å². The molecular weight excluding hydrogens is 408 g/mol. The quantitative estimate of drug-likeness (QED) is 0.598. The van der Waals surface area contributed by atoms with Crippen molar-refractivity contribution in [2.75, 3.05) is 48.4 Å². The molecule has 1 aliphatic rings. The fraction of sp³-hybridized carbons (Fsp3) is 0.333. The molecule has 0 radical (unpaired) electrons. The molecule has 1 aliphatic heterocycles. The molecule has 4 rings (SSSR count). The molecule has 0 saturated carbocycles. The molecule has 0 aliphatic carbocycles. The molecule has 1 N–H and O–H groups in total. The maximum absolute atomic E-state index is 13.0. The number of benzene rings is 2. The van der Waals surface area contributed by atoms with E-state index in [1.807, 2.05) is 48.5 Å². The van der Waals surface area contributed by atoms with E-state index in [2.05, 4.69) is 35.0 Å². The molecule has 1 amide bonds. The van der Waals surface area contributed by atoms with E-state index in [1.165, 1.54) is 11.3 Å². The van der Waals surface area contributed by atoms with E-state index < -0.39 is 0 Å². The van der Waals surface area contributed by atoms with Gasteiger partial charge in [-0.1, -0.05) is 55.5 Å². The van der Waals surface area contributed by atoms with Crippen LogP contribution >= 0.6 is 11.3 Å². The van der Waals surface area contributed by atoms with Crippen molar-refractivity contribution in [2.24, 2.45) is 0 Å². The van der Waals surface area contributed by atoms with Crippen LogP contribution in [0.15, 0.2) is 54.6 Å². The number of hydrogen-bond donors (Lipinski definition) is 1. The molecule has 0 bridgehead atoms. The second kappa shape index (κ2) is 9.39. The first kappa shape index (κ1) is 21.2. The third-order valence-electron chi connectivity index (χ3n) is 5.40. The highest BCUT2D eigenvalue weighted by atomic mass is 32.1.